The van der Waals surface area contributed by atoms with Gasteiger partial charge in [0, 0.05) is 18.7 Å². The lowest BCUT2D eigenvalue weighted by atomic mass is 10.1. The monoisotopic (exact) mass is 260 g/mol. The zero-order chi connectivity index (χ0) is 13.7. The quantitative estimate of drug-likeness (QED) is 0.785. The summed E-state index contributed by atoms with van der Waals surface area (Å²) in [6, 6.07) is 4.72. The maximum absolute atomic E-state index is 13.9. The first-order valence-corrected chi connectivity index (χ1v) is 6.51. The maximum atomic E-state index is 13.9. The van der Waals surface area contributed by atoms with Crippen molar-refractivity contribution in [3.8, 4) is 11.8 Å². The number of anilines is 1. The van der Waals surface area contributed by atoms with E-state index < -0.39 is 5.82 Å². The van der Waals surface area contributed by atoms with Crippen molar-refractivity contribution >= 4 is 11.6 Å². The second-order valence-electron chi connectivity index (χ2n) is 4.53. The van der Waals surface area contributed by atoms with Crippen molar-refractivity contribution in [1.29, 1.82) is 0 Å². The molecule has 1 aromatic rings. The molecular formula is C15H17FN2O. The first-order chi connectivity index (χ1) is 9.22. The van der Waals surface area contributed by atoms with Crippen LogP contribution in [0.5, 0.6) is 0 Å². The van der Waals surface area contributed by atoms with Gasteiger partial charge in [0.1, 0.15) is 5.82 Å². The maximum Gasteiger partial charge on any atom is 0.226 e. The average molecular weight is 260 g/mol. The minimum absolute atomic E-state index is 0.0673. The van der Waals surface area contributed by atoms with Crippen LogP contribution < -0.4 is 10.6 Å². The van der Waals surface area contributed by atoms with Crippen molar-refractivity contribution in [3.63, 3.8) is 0 Å². The van der Waals surface area contributed by atoms with E-state index >= 15 is 0 Å². The highest BCUT2D eigenvalue weighted by atomic mass is 19.1. The van der Waals surface area contributed by atoms with Crippen LogP contribution in [-0.4, -0.2) is 19.0 Å². The largest absolute Gasteiger partial charge is 0.320 e. The van der Waals surface area contributed by atoms with E-state index in [0.29, 0.717) is 24.2 Å². The average Bonchev–Trinajstić information content (AvgIpc) is 2.62. The molecule has 19 heavy (non-hydrogen) atoms. The second kappa shape index (κ2) is 6.35. The first kappa shape index (κ1) is 13.6. The Morgan fingerprint density at radius 2 is 2.16 bits per heavy atom. The Hall–Kier alpha value is -1.86. The minimum atomic E-state index is -0.407. The molecule has 0 radical (unpaired) electrons. The van der Waals surface area contributed by atoms with Crippen LogP contribution in [0.2, 0.25) is 0 Å². The van der Waals surface area contributed by atoms with Gasteiger partial charge < -0.3 is 10.6 Å². The number of amides is 1. The normalized spacial score (nSPS) is 15.7. The van der Waals surface area contributed by atoms with E-state index in [0.717, 1.165) is 19.3 Å². The molecule has 1 heterocycles. The van der Waals surface area contributed by atoms with E-state index in [4.69, 9.17) is 5.73 Å². The van der Waals surface area contributed by atoms with Crippen molar-refractivity contribution in [2.45, 2.75) is 25.7 Å². The van der Waals surface area contributed by atoms with Gasteiger partial charge >= 0.3 is 0 Å². The van der Waals surface area contributed by atoms with Gasteiger partial charge in [-0.2, -0.15) is 0 Å². The van der Waals surface area contributed by atoms with Crippen molar-refractivity contribution < 1.29 is 9.18 Å². The summed E-state index contributed by atoms with van der Waals surface area (Å²) in [5, 5.41) is 0. The molecule has 1 aliphatic rings. The van der Waals surface area contributed by atoms with Crippen LogP contribution in [0.1, 0.15) is 31.2 Å². The lowest BCUT2D eigenvalue weighted by molar-refractivity contribution is -0.118. The zero-order valence-corrected chi connectivity index (χ0v) is 10.8. The van der Waals surface area contributed by atoms with Crippen LogP contribution >= 0.6 is 0 Å². The number of nitrogens with two attached hydrogens (primary N) is 1. The van der Waals surface area contributed by atoms with Crippen LogP contribution in [0.4, 0.5) is 10.1 Å². The molecule has 0 aliphatic carbocycles. The third-order valence-corrected chi connectivity index (χ3v) is 3.16. The summed E-state index contributed by atoms with van der Waals surface area (Å²) in [5.41, 5.74) is 6.19. The molecule has 0 bridgehead atoms. The standard InChI is InChI=1S/C15H17FN2O/c16-14-11-13(8-7-12(14)5-4-9-17)18-10-3-1-2-6-15(18)19/h7-8,11H,1-3,6,9-10,17H2. The molecule has 1 aliphatic heterocycles. The van der Waals surface area contributed by atoms with Crippen LogP contribution in [-0.2, 0) is 4.79 Å². The highest BCUT2D eigenvalue weighted by Gasteiger charge is 2.18. The highest BCUT2D eigenvalue weighted by molar-refractivity contribution is 5.93. The molecule has 2 rings (SSSR count). The van der Waals surface area contributed by atoms with E-state index in [2.05, 4.69) is 11.8 Å². The molecule has 4 heteroatoms. The zero-order valence-electron chi connectivity index (χ0n) is 10.8. The van der Waals surface area contributed by atoms with Gasteiger partial charge in [-0.15, -0.1) is 0 Å². The third-order valence-electron chi connectivity index (χ3n) is 3.16. The summed E-state index contributed by atoms with van der Waals surface area (Å²) < 4.78 is 13.9. The summed E-state index contributed by atoms with van der Waals surface area (Å²) >= 11 is 0. The van der Waals surface area contributed by atoms with Gasteiger partial charge in [0.05, 0.1) is 12.1 Å². The highest BCUT2D eigenvalue weighted by Crippen LogP contribution is 2.22. The van der Waals surface area contributed by atoms with Crippen LogP contribution in [0.3, 0.4) is 0 Å². The van der Waals surface area contributed by atoms with E-state index in [1.54, 1.807) is 17.0 Å². The third kappa shape index (κ3) is 3.33. The molecule has 0 aromatic heterocycles. The summed E-state index contributed by atoms with van der Waals surface area (Å²) in [6.07, 6.45) is 3.46. The molecule has 100 valence electrons. The predicted molar refractivity (Wildman–Crippen MR) is 73.2 cm³/mol. The molecular weight excluding hydrogens is 243 g/mol. The summed E-state index contributed by atoms with van der Waals surface area (Å²) in [6.45, 7) is 0.859. The molecule has 0 spiro atoms. The van der Waals surface area contributed by atoms with E-state index in [9.17, 15) is 9.18 Å². The first-order valence-electron chi connectivity index (χ1n) is 6.51. The number of hydrogen-bond acceptors (Lipinski definition) is 2. The van der Waals surface area contributed by atoms with Crippen molar-refractivity contribution in [2.75, 3.05) is 18.0 Å². The molecule has 3 nitrogen and oxygen atoms in total. The van der Waals surface area contributed by atoms with Gasteiger partial charge in [-0.25, -0.2) is 4.39 Å². The number of benzene rings is 1. The van der Waals surface area contributed by atoms with Crippen molar-refractivity contribution in [3.05, 3.63) is 29.6 Å². The summed E-state index contributed by atoms with van der Waals surface area (Å²) in [5.74, 6) is 4.95. The number of carbonyl (C=O) groups excluding carboxylic acids is 1. The topological polar surface area (TPSA) is 46.3 Å². The Morgan fingerprint density at radius 1 is 1.32 bits per heavy atom. The summed E-state index contributed by atoms with van der Waals surface area (Å²) in [4.78, 5) is 13.6. The molecule has 1 amide bonds. The minimum Gasteiger partial charge on any atom is -0.320 e. The summed E-state index contributed by atoms with van der Waals surface area (Å²) in [7, 11) is 0. The molecule has 1 fully saturated rings. The smallest absolute Gasteiger partial charge is 0.226 e. The fourth-order valence-corrected chi connectivity index (χ4v) is 2.18. The van der Waals surface area contributed by atoms with Gasteiger partial charge in [0.15, 0.2) is 0 Å². The van der Waals surface area contributed by atoms with E-state index in [-0.39, 0.29) is 12.5 Å². The van der Waals surface area contributed by atoms with Gasteiger partial charge in [0.25, 0.3) is 0 Å². The Balaban J connectivity index is 2.25. The number of hydrogen-bond donors (Lipinski definition) is 1. The van der Waals surface area contributed by atoms with Gasteiger partial charge in [-0.3, -0.25) is 4.79 Å². The van der Waals surface area contributed by atoms with E-state index in [1.165, 1.54) is 6.07 Å². The number of halogens is 1. The fourth-order valence-electron chi connectivity index (χ4n) is 2.18. The molecule has 2 N–H and O–H groups in total. The Bertz CT molecular complexity index is 531. The Morgan fingerprint density at radius 3 is 2.89 bits per heavy atom. The lowest BCUT2D eigenvalue weighted by Gasteiger charge is -2.20. The molecule has 1 aromatic carbocycles. The SMILES string of the molecule is NCC#Cc1ccc(N2CCCCCC2=O)cc1F. The Labute approximate surface area is 112 Å². The predicted octanol–water partition coefficient (Wildman–Crippen LogP) is 2.04. The number of nitrogens with zero attached hydrogens (tertiary/aromatic N) is 1. The number of carbonyl (C=O) groups is 1. The molecule has 0 atom stereocenters. The molecule has 0 unspecified atom stereocenters. The fraction of sp³-hybridized carbons (Fsp3) is 0.400. The van der Waals surface area contributed by atoms with Gasteiger partial charge in [-0.1, -0.05) is 18.3 Å². The lowest BCUT2D eigenvalue weighted by Crippen LogP contribution is -2.30. The second-order valence-corrected chi connectivity index (χ2v) is 4.53. The molecule has 0 saturated carbocycles. The van der Waals surface area contributed by atoms with Crippen LogP contribution in [0.15, 0.2) is 18.2 Å². The molecule has 1 saturated heterocycles. The van der Waals surface area contributed by atoms with Gasteiger partial charge in [-0.05, 0) is 31.0 Å². The van der Waals surface area contributed by atoms with Crippen molar-refractivity contribution in [2.24, 2.45) is 5.73 Å². The van der Waals surface area contributed by atoms with Gasteiger partial charge in [0.2, 0.25) is 5.91 Å². The van der Waals surface area contributed by atoms with Crippen molar-refractivity contribution in [1.82, 2.24) is 0 Å². The number of rotatable bonds is 1. The van der Waals surface area contributed by atoms with Crippen LogP contribution in [0, 0.1) is 17.7 Å². The Kier molecular flexibility index (Phi) is 4.53. The van der Waals surface area contributed by atoms with E-state index in [1.807, 2.05) is 0 Å². The van der Waals surface area contributed by atoms with Crippen LogP contribution in [0.25, 0.3) is 0 Å².